The van der Waals surface area contributed by atoms with E-state index in [0.717, 1.165) is 18.4 Å². The maximum absolute atomic E-state index is 12.6. The number of hydrogen-bond acceptors (Lipinski definition) is 3. The van der Waals surface area contributed by atoms with E-state index in [1.807, 2.05) is 42.2 Å². The first-order chi connectivity index (χ1) is 11.6. The van der Waals surface area contributed by atoms with Gasteiger partial charge in [0.05, 0.1) is 12.0 Å². The van der Waals surface area contributed by atoms with Crippen molar-refractivity contribution in [1.82, 2.24) is 9.80 Å². The fourth-order valence-corrected chi connectivity index (χ4v) is 3.86. The highest BCUT2D eigenvalue weighted by Gasteiger charge is 2.37. The second-order valence-corrected chi connectivity index (χ2v) is 6.85. The lowest BCUT2D eigenvalue weighted by Crippen LogP contribution is -2.43. The van der Waals surface area contributed by atoms with Gasteiger partial charge in [-0.15, -0.1) is 0 Å². The molecule has 0 aromatic heterocycles. The Morgan fingerprint density at radius 2 is 1.92 bits per heavy atom. The van der Waals surface area contributed by atoms with Gasteiger partial charge in [-0.05, 0) is 31.2 Å². The van der Waals surface area contributed by atoms with Gasteiger partial charge in [-0.1, -0.05) is 30.3 Å². The zero-order valence-electron chi connectivity index (χ0n) is 14.2. The smallest absolute Gasteiger partial charge is 0.227 e. The van der Waals surface area contributed by atoms with Crippen LogP contribution in [-0.4, -0.2) is 52.9 Å². The third-order valence-electron chi connectivity index (χ3n) is 5.38. The number of hydrogen-bond donors (Lipinski definition) is 1. The number of piperidine rings is 1. The summed E-state index contributed by atoms with van der Waals surface area (Å²) in [6.07, 6.45) is 1.49. The molecule has 2 unspecified atom stereocenters. The van der Waals surface area contributed by atoms with Gasteiger partial charge in [0.15, 0.2) is 0 Å². The Bertz CT molecular complexity index is 582. The lowest BCUT2D eigenvalue weighted by Gasteiger charge is -2.35. The summed E-state index contributed by atoms with van der Waals surface area (Å²) in [4.78, 5) is 28.1. The molecule has 2 fully saturated rings. The van der Waals surface area contributed by atoms with Crippen LogP contribution >= 0.6 is 0 Å². The van der Waals surface area contributed by atoms with Crippen molar-refractivity contribution in [2.75, 3.05) is 26.2 Å². The number of benzene rings is 1. The molecule has 5 nitrogen and oxygen atoms in total. The van der Waals surface area contributed by atoms with Crippen molar-refractivity contribution < 1.29 is 14.7 Å². The second-order valence-electron chi connectivity index (χ2n) is 6.85. The molecule has 0 bridgehead atoms. The van der Waals surface area contributed by atoms with Gasteiger partial charge in [0.2, 0.25) is 11.8 Å². The number of aliphatic hydroxyl groups excluding tert-OH is 1. The minimum absolute atomic E-state index is 0.0882. The molecule has 1 aromatic carbocycles. The zero-order valence-corrected chi connectivity index (χ0v) is 14.2. The van der Waals surface area contributed by atoms with E-state index in [-0.39, 0.29) is 23.7 Å². The minimum Gasteiger partial charge on any atom is -0.388 e. The van der Waals surface area contributed by atoms with Gasteiger partial charge >= 0.3 is 0 Å². The average Bonchev–Trinajstić information content (AvgIpc) is 3.02. The van der Waals surface area contributed by atoms with Crippen molar-refractivity contribution in [2.24, 2.45) is 11.8 Å². The van der Waals surface area contributed by atoms with Crippen LogP contribution in [0.1, 0.15) is 37.9 Å². The standard InChI is InChI=1S/C19H26N2O3/c1-2-20-13-16(12-17(20)22)19(24)21-10-8-15(9-11-21)18(23)14-6-4-3-5-7-14/h3-7,15-16,18,23H,2,8-13H2,1H3. The Kier molecular flexibility index (Phi) is 5.19. The van der Waals surface area contributed by atoms with E-state index in [0.29, 0.717) is 32.6 Å². The van der Waals surface area contributed by atoms with Crippen LogP contribution in [0, 0.1) is 11.8 Å². The third-order valence-corrected chi connectivity index (χ3v) is 5.38. The molecule has 2 aliphatic heterocycles. The van der Waals surface area contributed by atoms with E-state index in [1.165, 1.54) is 0 Å². The Labute approximate surface area is 143 Å². The number of likely N-dealkylation sites (tertiary alicyclic amines) is 2. The predicted molar refractivity (Wildman–Crippen MR) is 91.1 cm³/mol. The number of rotatable bonds is 4. The van der Waals surface area contributed by atoms with Crippen LogP contribution in [0.25, 0.3) is 0 Å². The molecule has 5 heteroatoms. The van der Waals surface area contributed by atoms with Crippen LogP contribution < -0.4 is 0 Å². The first-order valence-electron chi connectivity index (χ1n) is 8.89. The van der Waals surface area contributed by atoms with Crippen LogP contribution in [0.15, 0.2) is 30.3 Å². The Morgan fingerprint density at radius 3 is 2.50 bits per heavy atom. The van der Waals surface area contributed by atoms with E-state index in [9.17, 15) is 14.7 Å². The van der Waals surface area contributed by atoms with Gasteiger partial charge in [-0.3, -0.25) is 9.59 Å². The zero-order chi connectivity index (χ0) is 17.1. The summed E-state index contributed by atoms with van der Waals surface area (Å²) < 4.78 is 0. The molecule has 24 heavy (non-hydrogen) atoms. The summed E-state index contributed by atoms with van der Waals surface area (Å²) >= 11 is 0. The molecular formula is C19H26N2O3. The molecular weight excluding hydrogens is 304 g/mol. The molecule has 0 radical (unpaired) electrons. The normalized spacial score (nSPS) is 23.6. The van der Waals surface area contributed by atoms with E-state index < -0.39 is 6.10 Å². The second kappa shape index (κ2) is 7.34. The molecule has 0 saturated carbocycles. The van der Waals surface area contributed by atoms with Gasteiger partial charge in [0.1, 0.15) is 0 Å². The highest BCUT2D eigenvalue weighted by atomic mass is 16.3. The first kappa shape index (κ1) is 17.0. The maximum atomic E-state index is 12.6. The molecule has 130 valence electrons. The highest BCUT2D eigenvalue weighted by molar-refractivity contribution is 5.89. The van der Waals surface area contributed by atoms with E-state index in [2.05, 4.69) is 0 Å². The third kappa shape index (κ3) is 3.46. The monoisotopic (exact) mass is 330 g/mol. The summed E-state index contributed by atoms with van der Waals surface area (Å²) in [7, 11) is 0. The Hall–Kier alpha value is -1.88. The van der Waals surface area contributed by atoms with Crippen molar-refractivity contribution in [2.45, 2.75) is 32.3 Å². The molecule has 2 atom stereocenters. The number of nitrogens with zero attached hydrogens (tertiary/aromatic N) is 2. The van der Waals surface area contributed by atoms with Crippen molar-refractivity contribution in [3.63, 3.8) is 0 Å². The predicted octanol–water partition coefficient (Wildman–Crippen LogP) is 1.83. The van der Waals surface area contributed by atoms with Crippen molar-refractivity contribution in [3.8, 4) is 0 Å². The summed E-state index contributed by atoms with van der Waals surface area (Å²) in [5, 5.41) is 10.5. The minimum atomic E-state index is -0.466. The van der Waals surface area contributed by atoms with Crippen molar-refractivity contribution >= 4 is 11.8 Å². The lowest BCUT2D eigenvalue weighted by molar-refractivity contribution is -0.137. The fraction of sp³-hybridized carbons (Fsp3) is 0.579. The van der Waals surface area contributed by atoms with Gasteiger partial charge in [-0.2, -0.15) is 0 Å². The topological polar surface area (TPSA) is 60.9 Å². The Morgan fingerprint density at radius 1 is 1.25 bits per heavy atom. The van der Waals surface area contributed by atoms with Crippen LogP contribution in [0.3, 0.4) is 0 Å². The molecule has 1 N–H and O–H groups in total. The number of amides is 2. The fourth-order valence-electron chi connectivity index (χ4n) is 3.86. The van der Waals surface area contributed by atoms with Crippen LogP contribution in [0.5, 0.6) is 0 Å². The van der Waals surface area contributed by atoms with E-state index >= 15 is 0 Å². The van der Waals surface area contributed by atoms with Crippen molar-refractivity contribution in [3.05, 3.63) is 35.9 Å². The SMILES string of the molecule is CCN1CC(C(=O)N2CCC(C(O)c3ccccc3)CC2)CC1=O. The number of carbonyl (C=O) groups is 2. The molecule has 2 heterocycles. The van der Waals surface area contributed by atoms with Gasteiger partial charge in [-0.25, -0.2) is 0 Å². The van der Waals surface area contributed by atoms with Crippen LogP contribution in [0.4, 0.5) is 0 Å². The Balaban J connectivity index is 1.53. The van der Waals surface area contributed by atoms with Crippen LogP contribution in [-0.2, 0) is 9.59 Å². The average molecular weight is 330 g/mol. The first-order valence-corrected chi connectivity index (χ1v) is 8.89. The molecule has 1 aromatic rings. The highest BCUT2D eigenvalue weighted by Crippen LogP contribution is 2.31. The summed E-state index contributed by atoms with van der Waals surface area (Å²) in [5.41, 5.74) is 0.947. The summed E-state index contributed by atoms with van der Waals surface area (Å²) in [5.74, 6) is 0.194. The van der Waals surface area contributed by atoms with Gasteiger partial charge in [0.25, 0.3) is 0 Å². The number of carbonyl (C=O) groups excluding carboxylic acids is 2. The van der Waals surface area contributed by atoms with Crippen molar-refractivity contribution in [1.29, 1.82) is 0 Å². The largest absolute Gasteiger partial charge is 0.388 e. The molecule has 3 rings (SSSR count). The van der Waals surface area contributed by atoms with E-state index in [1.54, 1.807) is 4.90 Å². The quantitative estimate of drug-likeness (QED) is 0.916. The molecule has 0 spiro atoms. The maximum Gasteiger partial charge on any atom is 0.227 e. The van der Waals surface area contributed by atoms with Crippen LogP contribution in [0.2, 0.25) is 0 Å². The molecule has 0 aliphatic carbocycles. The number of aliphatic hydroxyl groups is 1. The molecule has 2 saturated heterocycles. The van der Waals surface area contributed by atoms with Gasteiger partial charge in [0, 0.05) is 32.6 Å². The molecule has 2 aliphatic rings. The summed E-state index contributed by atoms with van der Waals surface area (Å²) in [6, 6.07) is 9.72. The van der Waals surface area contributed by atoms with E-state index in [4.69, 9.17) is 0 Å². The summed E-state index contributed by atoms with van der Waals surface area (Å²) in [6.45, 7) is 4.52. The lowest BCUT2D eigenvalue weighted by atomic mass is 9.87. The van der Waals surface area contributed by atoms with Gasteiger partial charge < -0.3 is 14.9 Å². The molecule has 2 amide bonds.